The van der Waals surface area contributed by atoms with Crippen LogP contribution in [0.2, 0.25) is 25.7 Å². The van der Waals surface area contributed by atoms with Crippen molar-refractivity contribution in [3.63, 3.8) is 0 Å². The summed E-state index contributed by atoms with van der Waals surface area (Å²) in [6, 6.07) is 23.3. The maximum Gasteiger partial charge on any atom is 0.357 e. The third kappa shape index (κ3) is 11.0. The molecule has 296 valence electrons. The Morgan fingerprint density at radius 1 is 0.875 bits per heavy atom. The van der Waals surface area contributed by atoms with Crippen LogP contribution in [0.1, 0.15) is 40.0 Å². The Labute approximate surface area is 327 Å². The van der Waals surface area contributed by atoms with Gasteiger partial charge in [0.15, 0.2) is 18.3 Å². The number of phenolic OH excluding ortho intramolecular Hbond substituents is 1. The summed E-state index contributed by atoms with van der Waals surface area (Å²) in [6.07, 6.45) is 0.0213. The zero-order valence-electron chi connectivity index (χ0n) is 32.5. The Kier molecular flexibility index (Phi) is 13.9. The number of esters is 1. The summed E-state index contributed by atoms with van der Waals surface area (Å²) < 4.78 is 23.4. The van der Waals surface area contributed by atoms with Crippen molar-refractivity contribution < 1.29 is 48.1 Å². The first-order valence-electron chi connectivity index (χ1n) is 18.3. The van der Waals surface area contributed by atoms with E-state index in [4.69, 9.17) is 23.8 Å². The van der Waals surface area contributed by atoms with Crippen molar-refractivity contribution in [2.75, 3.05) is 27.6 Å². The van der Waals surface area contributed by atoms with Crippen LogP contribution in [0.15, 0.2) is 91.0 Å². The second kappa shape index (κ2) is 18.8. The zero-order valence-corrected chi connectivity index (χ0v) is 33.5. The quantitative estimate of drug-likeness (QED) is 0.0495. The number of nitrogens with one attached hydrogen (secondary N) is 2. The van der Waals surface area contributed by atoms with E-state index < -0.39 is 50.0 Å². The van der Waals surface area contributed by atoms with Crippen LogP contribution in [0.4, 0.5) is 0 Å². The first-order valence-corrected chi connectivity index (χ1v) is 22.0. The van der Waals surface area contributed by atoms with E-state index >= 15 is 0 Å². The monoisotopic (exact) mass is 783 g/mol. The first kappa shape index (κ1) is 41.5. The number of hydrogen-bond donors (Lipinski definition) is 3. The van der Waals surface area contributed by atoms with Gasteiger partial charge in [-0.25, -0.2) is 9.59 Å². The Morgan fingerprint density at radius 2 is 1.57 bits per heavy atom. The average Bonchev–Trinajstić information content (AvgIpc) is 3.17. The largest absolute Gasteiger partial charge is 0.504 e. The lowest BCUT2D eigenvalue weighted by Crippen LogP contribution is -2.53. The van der Waals surface area contributed by atoms with Crippen molar-refractivity contribution in [3.8, 4) is 28.4 Å². The number of nitrogens with zero attached hydrogens (tertiary/aromatic N) is 1. The van der Waals surface area contributed by atoms with Gasteiger partial charge in [0.1, 0.15) is 30.5 Å². The molecule has 0 radical (unpaired) electrons. The molecule has 0 saturated heterocycles. The number of benzene rings is 4. The lowest BCUT2D eigenvalue weighted by Gasteiger charge is -2.29. The second-order valence-electron chi connectivity index (χ2n) is 14.7. The third-order valence-electron chi connectivity index (χ3n) is 9.10. The molecule has 1 aliphatic rings. The molecule has 0 aliphatic carbocycles. The Morgan fingerprint density at radius 3 is 2.25 bits per heavy atom. The Bertz CT molecular complexity index is 2010. The minimum Gasteiger partial charge on any atom is -0.504 e. The molecule has 3 N–H and O–H groups in total. The standard InChI is InChI=1S/C42H49N3O10Si/c1-27-39(47)44-34(42(50)51-3)22-29-17-18-36(53-25-28-13-9-7-10-14-28)32(21-29)33-23-31(24-35(46)38(33)54-26-52-19-20-56(4,5)6)37(40(48)43-27)45(2)55-41(49)30-15-11-8-12-16-30/h7-18,21,23-24,27,34,37,46H,19-20,22,25-26H2,1-6H3,(H,43,48)(H,44,47)/t27-,34-,37-/m0/s1. The van der Waals surface area contributed by atoms with Crippen LogP contribution in [-0.2, 0) is 41.7 Å². The highest BCUT2D eigenvalue weighted by Gasteiger charge is 2.34. The molecule has 0 aromatic heterocycles. The number of likely N-dealkylation sites (N-methyl/N-ethyl adjacent to an activating group) is 1. The fraction of sp³-hybridized carbons (Fsp3) is 0.333. The van der Waals surface area contributed by atoms with Gasteiger partial charge in [-0.15, -0.1) is 5.06 Å². The average molecular weight is 784 g/mol. The maximum atomic E-state index is 14.2. The van der Waals surface area contributed by atoms with Gasteiger partial charge in [-0.3, -0.25) is 9.59 Å². The summed E-state index contributed by atoms with van der Waals surface area (Å²) in [5.74, 6) is -2.73. The molecule has 56 heavy (non-hydrogen) atoms. The Hall–Kier alpha value is -5.70. The number of carbonyl (C=O) groups excluding carboxylic acids is 4. The molecule has 0 unspecified atom stereocenters. The predicted octanol–water partition coefficient (Wildman–Crippen LogP) is 5.79. The summed E-state index contributed by atoms with van der Waals surface area (Å²) in [7, 11) is 1.21. The second-order valence-corrected chi connectivity index (χ2v) is 20.3. The number of fused-ring (bicyclic) bond motifs is 5. The fourth-order valence-electron chi connectivity index (χ4n) is 6.02. The van der Waals surface area contributed by atoms with E-state index in [0.717, 1.165) is 16.7 Å². The minimum atomic E-state index is -1.41. The van der Waals surface area contributed by atoms with E-state index in [1.807, 2.05) is 30.3 Å². The van der Waals surface area contributed by atoms with Crippen LogP contribution in [0.5, 0.6) is 17.2 Å². The van der Waals surface area contributed by atoms with Crippen molar-refractivity contribution in [1.82, 2.24) is 15.7 Å². The van der Waals surface area contributed by atoms with Crippen molar-refractivity contribution in [2.45, 2.75) is 63.8 Å². The van der Waals surface area contributed by atoms with Gasteiger partial charge in [-0.1, -0.05) is 74.2 Å². The molecule has 0 saturated carbocycles. The number of aromatic hydroxyl groups is 1. The van der Waals surface area contributed by atoms with Crippen molar-refractivity contribution in [1.29, 1.82) is 0 Å². The molecule has 3 atom stereocenters. The molecule has 4 bridgehead atoms. The van der Waals surface area contributed by atoms with Crippen LogP contribution < -0.4 is 20.1 Å². The molecular formula is C42H49N3O10Si. The number of ether oxygens (including phenoxy) is 4. The van der Waals surface area contributed by atoms with Gasteiger partial charge in [0.2, 0.25) is 11.8 Å². The molecule has 13 nitrogen and oxygen atoms in total. The summed E-state index contributed by atoms with van der Waals surface area (Å²) in [5.41, 5.74) is 2.71. The van der Waals surface area contributed by atoms with Gasteiger partial charge in [-0.2, -0.15) is 0 Å². The lowest BCUT2D eigenvalue weighted by atomic mass is 9.93. The molecule has 2 amide bonds. The van der Waals surface area contributed by atoms with Gasteiger partial charge >= 0.3 is 11.9 Å². The molecule has 1 aliphatic heterocycles. The van der Waals surface area contributed by atoms with Crippen molar-refractivity contribution in [3.05, 3.63) is 113 Å². The van der Waals surface area contributed by atoms with E-state index in [1.54, 1.807) is 54.6 Å². The van der Waals surface area contributed by atoms with Gasteiger partial charge in [0, 0.05) is 39.3 Å². The fourth-order valence-corrected chi connectivity index (χ4v) is 6.78. The van der Waals surface area contributed by atoms with E-state index in [0.29, 0.717) is 29.0 Å². The van der Waals surface area contributed by atoms with E-state index in [-0.39, 0.29) is 42.4 Å². The van der Waals surface area contributed by atoms with Gasteiger partial charge < -0.3 is 39.5 Å². The lowest BCUT2D eigenvalue weighted by molar-refractivity contribution is -0.152. The number of carbonyl (C=O) groups is 4. The van der Waals surface area contributed by atoms with E-state index in [9.17, 15) is 24.3 Å². The first-order chi connectivity index (χ1) is 26.7. The van der Waals surface area contributed by atoms with Gasteiger partial charge in [0.05, 0.1) is 12.7 Å². The van der Waals surface area contributed by atoms with Gasteiger partial charge in [0.25, 0.3) is 0 Å². The van der Waals surface area contributed by atoms with E-state index in [2.05, 4.69) is 30.3 Å². The number of hydrogen-bond acceptors (Lipinski definition) is 11. The minimum absolute atomic E-state index is 0.0213. The van der Waals surface area contributed by atoms with Crippen LogP contribution in [0, 0.1) is 0 Å². The summed E-state index contributed by atoms with van der Waals surface area (Å²) >= 11 is 0. The van der Waals surface area contributed by atoms with Crippen LogP contribution >= 0.6 is 0 Å². The van der Waals surface area contributed by atoms with Gasteiger partial charge in [-0.05, 0) is 66.1 Å². The molecule has 4 aromatic carbocycles. The highest BCUT2D eigenvalue weighted by Crippen LogP contribution is 2.45. The normalized spacial score (nSPS) is 17.2. The van der Waals surface area contributed by atoms with Crippen LogP contribution in [0.25, 0.3) is 11.1 Å². The van der Waals surface area contributed by atoms with Crippen LogP contribution in [-0.4, -0.2) is 81.6 Å². The van der Waals surface area contributed by atoms with Crippen LogP contribution in [0.3, 0.4) is 0 Å². The maximum absolute atomic E-state index is 14.2. The number of rotatable bonds is 13. The SMILES string of the molecule is COC(=O)[C@@H]1Cc2ccc(OCc3ccccc3)c(c2)-c2cc(cc(O)c2OCOCC[Si](C)(C)C)[C@H](N(C)OC(=O)c2ccccc2)C(=O)N[C@@H](C)C(=O)N1. The Balaban J connectivity index is 1.67. The number of amides is 2. The summed E-state index contributed by atoms with van der Waals surface area (Å²) in [6.45, 7) is 8.64. The number of hydroxylamine groups is 2. The van der Waals surface area contributed by atoms with Crippen molar-refractivity contribution in [2.24, 2.45) is 0 Å². The third-order valence-corrected chi connectivity index (χ3v) is 10.8. The molecule has 0 spiro atoms. The molecule has 5 rings (SSSR count). The summed E-state index contributed by atoms with van der Waals surface area (Å²) in [5, 5.41) is 18.2. The zero-order chi connectivity index (χ0) is 40.4. The topological polar surface area (TPSA) is 162 Å². The molecule has 4 aromatic rings. The number of phenols is 1. The molecule has 0 fully saturated rings. The molecule has 14 heteroatoms. The molecule has 1 heterocycles. The summed E-state index contributed by atoms with van der Waals surface area (Å²) in [4.78, 5) is 59.6. The smallest absolute Gasteiger partial charge is 0.357 e. The highest BCUT2D eigenvalue weighted by molar-refractivity contribution is 6.76. The molecular weight excluding hydrogens is 735 g/mol. The van der Waals surface area contributed by atoms with E-state index in [1.165, 1.54) is 27.1 Å². The highest BCUT2D eigenvalue weighted by atomic mass is 28.3. The van der Waals surface area contributed by atoms with Crippen molar-refractivity contribution >= 4 is 31.8 Å². The number of methoxy groups -OCH3 is 1. The predicted molar refractivity (Wildman–Crippen MR) is 212 cm³/mol.